The Hall–Kier alpha value is -1.63. The smallest absolute Gasteiger partial charge is 0.326 e. The van der Waals surface area contributed by atoms with Crippen LogP contribution in [0.25, 0.3) is 0 Å². The number of esters is 1. The Morgan fingerprint density at radius 1 is 1.55 bits per heavy atom. The molecule has 0 atom stereocenters. The number of hydrogen-bond donors (Lipinski definition) is 0. The van der Waals surface area contributed by atoms with Crippen LogP contribution in [-0.4, -0.2) is 36.6 Å². The molecule has 7 heteroatoms. The van der Waals surface area contributed by atoms with Gasteiger partial charge in [0.25, 0.3) is 5.91 Å². The van der Waals surface area contributed by atoms with Crippen LogP contribution in [0, 0.1) is 5.92 Å². The number of amides is 1. The van der Waals surface area contributed by atoms with Gasteiger partial charge >= 0.3 is 5.97 Å². The van der Waals surface area contributed by atoms with E-state index in [0.29, 0.717) is 22.8 Å². The van der Waals surface area contributed by atoms with E-state index in [9.17, 15) is 9.59 Å². The van der Waals surface area contributed by atoms with Crippen molar-refractivity contribution in [3.63, 3.8) is 0 Å². The van der Waals surface area contributed by atoms with E-state index in [1.807, 2.05) is 13.8 Å². The van der Waals surface area contributed by atoms with Gasteiger partial charge < -0.3 is 9.47 Å². The highest BCUT2D eigenvalue weighted by Crippen LogP contribution is 2.31. The normalized spacial score (nSPS) is 14.0. The second-order valence-corrected chi connectivity index (χ2v) is 5.61. The van der Waals surface area contributed by atoms with Crippen molar-refractivity contribution >= 4 is 33.6 Å². The lowest BCUT2D eigenvalue weighted by atomic mass is 10.2. The molecule has 1 aliphatic heterocycles. The number of fused-ring (bicyclic) bond motifs is 1. The van der Waals surface area contributed by atoms with Crippen molar-refractivity contribution in [3.8, 4) is 5.75 Å². The molecule has 0 saturated carbocycles. The minimum atomic E-state index is -0.457. The number of halogens is 1. The van der Waals surface area contributed by atoms with Crippen LogP contribution in [0.2, 0.25) is 0 Å². The Bertz CT molecular complexity index is 533. The van der Waals surface area contributed by atoms with E-state index in [4.69, 9.17) is 9.47 Å². The number of aromatic nitrogens is 1. The number of rotatable bonds is 4. The Balaban J connectivity index is 2.13. The summed E-state index contributed by atoms with van der Waals surface area (Å²) in [6.45, 7) is 3.96. The number of ether oxygens (including phenoxy) is 2. The zero-order chi connectivity index (χ0) is 14.7. The summed E-state index contributed by atoms with van der Waals surface area (Å²) in [5.41, 5.74) is 0. The maximum Gasteiger partial charge on any atom is 0.326 e. The maximum absolute atomic E-state index is 11.9. The van der Waals surface area contributed by atoms with Gasteiger partial charge in [-0.15, -0.1) is 0 Å². The molecule has 6 nitrogen and oxygen atoms in total. The number of pyridine rings is 1. The zero-order valence-corrected chi connectivity index (χ0v) is 12.8. The predicted molar refractivity (Wildman–Crippen MR) is 75.6 cm³/mol. The van der Waals surface area contributed by atoms with Crippen molar-refractivity contribution in [2.24, 2.45) is 5.92 Å². The van der Waals surface area contributed by atoms with Gasteiger partial charge in [-0.25, -0.2) is 4.98 Å². The molecule has 20 heavy (non-hydrogen) atoms. The molecular formula is C13H15BrN2O4. The summed E-state index contributed by atoms with van der Waals surface area (Å²) in [5.74, 6) is 0.284. The van der Waals surface area contributed by atoms with Crippen LogP contribution in [0.1, 0.15) is 13.8 Å². The number of carbonyl (C=O) groups is 2. The number of carbonyl (C=O) groups excluding carboxylic acids is 2. The lowest BCUT2D eigenvalue weighted by Gasteiger charge is -2.27. The molecule has 0 unspecified atom stereocenters. The van der Waals surface area contributed by atoms with Gasteiger partial charge in [0.2, 0.25) is 0 Å². The van der Waals surface area contributed by atoms with Gasteiger partial charge in [0.15, 0.2) is 18.2 Å². The highest BCUT2D eigenvalue weighted by atomic mass is 79.9. The average Bonchev–Trinajstić information content (AvgIpc) is 2.40. The molecule has 0 aromatic carbocycles. The Morgan fingerprint density at radius 3 is 3.00 bits per heavy atom. The molecule has 1 amide bonds. The van der Waals surface area contributed by atoms with Crippen molar-refractivity contribution in [2.45, 2.75) is 13.8 Å². The van der Waals surface area contributed by atoms with Crippen LogP contribution < -0.4 is 9.64 Å². The first kappa shape index (κ1) is 14.8. The van der Waals surface area contributed by atoms with Crippen LogP contribution in [0.5, 0.6) is 5.75 Å². The van der Waals surface area contributed by atoms with Crippen molar-refractivity contribution < 1.29 is 19.1 Å². The van der Waals surface area contributed by atoms with Crippen LogP contribution in [0.4, 0.5) is 5.82 Å². The molecule has 108 valence electrons. The highest BCUT2D eigenvalue weighted by molar-refractivity contribution is 9.10. The third-order valence-corrected chi connectivity index (χ3v) is 3.02. The van der Waals surface area contributed by atoms with E-state index in [-0.39, 0.29) is 25.0 Å². The van der Waals surface area contributed by atoms with Crippen molar-refractivity contribution in [2.75, 3.05) is 24.7 Å². The first-order valence-corrected chi connectivity index (χ1v) is 7.02. The second kappa shape index (κ2) is 6.21. The summed E-state index contributed by atoms with van der Waals surface area (Å²) in [6.07, 6.45) is 0. The summed E-state index contributed by atoms with van der Waals surface area (Å²) >= 11 is 3.23. The Morgan fingerprint density at radius 2 is 2.30 bits per heavy atom. The number of hydrogen-bond acceptors (Lipinski definition) is 5. The zero-order valence-electron chi connectivity index (χ0n) is 11.3. The highest BCUT2D eigenvalue weighted by Gasteiger charge is 2.29. The maximum atomic E-state index is 11.9. The topological polar surface area (TPSA) is 68.7 Å². The molecule has 0 fully saturated rings. The lowest BCUT2D eigenvalue weighted by molar-refractivity contribution is -0.144. The first-order chi connectivity index (χ1) is 9.47. The van der Waals surface area contributed by atoms with E-state index >= 15 is 0 Å². The molecule has 0 spiro atoms. The van der Waals surface area contributed by atoms with E-state index in [1.165, 1.54) is 4.90 Å². The predicted octanol–water partition coefficient (Wildman–Crippen LogP) is 1.77. The third-order valence-electron chi connectivity index (χ3n) is 2.58. The third kappa shape index (κ3) is 3.47. The van der Waals surface area contributed by atoms with Crippen LogP contribution in [-0.2, 0) is 14.3 Å². The first-order valence-electron chi connectivity index (χ1n) is 6.22. The van der Waals surface area contributed by atoms with Crippen LogP contribution >= 0.6 is 15.9 Å². The number of anilines is 1. The molecule has 0 saturated heterocycles. The molecular weight excluding hydrogens is 328 g/mol. The average molecular weight is 343 g/mol. The molecule has 1 aromatic rings. The summed E-state index contributed by atoms with van der Waals surface area (Å²) in [7, 11) is 0. The van der Waals surface area contributed by atoms with Gasteiger partial charge in [-0.05, 0) is 34.0 Å². The second-order valence-electron chi connectivity index (χ2n) is 4.80. The van der Waals surface area contributed by atoms with Gasteiger partial charge in [-0.1, -0.05) is 13.8 Å². The quantitative estimate of drug-likeness (QED) is 0.616. The van der Waals surface area contributed by atoms with Crippen molar-refractivity contribution in [3.05, 3.63) is 16.7 Å². The van der Waals surface area contributed by atoms with Gasteiger partial charge in [0.1, 0.15) is 11.1 Å². The summed E-state index contributed by atoms with van der Waals surface area (Å²) < 4.78 is 10.9. The van der Waals surface area contributed by atoms with Crippen molar-refractivity contribution in [1.29, 1.82) is 0 Å². The number of nitrogens with zero attached hydrogens (tertiary/aromatic N) is 2. The molecule has 0 radical (unpaired) electrons. The molecule has 2 rings (SSSR count). The van der Waals surface area contributed by atoms with Gasteiger partial charge in [-0.2, -0.15) is 0 Å². The molecule has 2 heterocycles. The fourth-order valence-corrected chi connectivity index (χ4v) is 1.95. The summed E-state index contributed by atoms with van der Waals surface area (Å²) in [6, 6.07) is 3.41. The SMILES string of the molecule is CC(C)COC(=O)CN1C(=O)COc2ccc(Br)nc21. The standard InChI is InChI=1S/C13H15BrN2O4/c1-8(2)6-20-12(18)5-16-11(17)7-19-9-3-4-10(14)15-13(9)16/h3-4,8H,5-7H2,1-2H3. The van der Waals surface area contributed by atoms with Crippen LogP contribution in [0.3, 0.4) is 0 Å². The molecule has 0 bridgehead atoms. The minimum Gasteiger partial charge on any atom is -0.480 e. The lowest BCUT2D eigenvalue weighted by Crippen LogP contribution is -2.43. The van der Waals surface area contributed by atoms with E-state index in [2.05, 4.69) is 20.9 Å². The van der Waals surface area contributed by atoms with Gasteiger partial charge in [-0.3, -0.25) is 14.5 Å². The molecule has 0 N–H and O–H groups in total. The van der Waals surface area contributed by atoms with Crippen LogP contribution in [0.15, 0.2) is 16.7 Å². The van der Waals surface area contributed by atoms with Gasteiger partial charge in [0, 0.05) is 0 Å². The summed E-state index contributed by atoms with van der Waals surface area (Å²) in [4.78, 5) is 29.1. The van der Waals surface area contributed by atoms with Gasteiger partial charge in [0.05, 0.1) is 6.61 Å². The molecule has 0 aliphatic carbocycles. The fourth-order valence-electron chi connectivity index (χ4n) is 1.65. The molecule has 1 aliphatic rings. The van der Waals surface area contributed by atoms with E-state index in [0.717, 1.165) is 0 Å². The minimum absolute atomic E-state index is 0.103. The Labute approximate surface area is 125 Å². The fraction of sp³-hybridized carbons (Fsp3) is 0.462. The largest absolute Gasteiger partial charge is 0.480 e. The van der Waals surface area contributed by atoms with E-state index in [1.54, 1.807) is 12.1 Å². The summed E-state index contributed by atoms with van der Waals surface area (Å²) in [5, 5.41) is 0. The monoisotopic (exact) mass is 342 g/mol. The Kier molecular flexibility index (Phi) is 4.59. The van der Waals surface area contributed by atoms with Crippen molar-refractivity contribution in [1.82, 2.24) is 4.98 Å². The molecule has 1 aromatic heterocycles. The van der Waals surface area contributed by atoms with E-state index < -0.39 is 5.97 Å².